The SMILES string of the molecule is Cc1n[nH]c(C)c1S(=O)(=O)N1CCCN(C(=O)c2ccc3c(c2)OCO3)CC1. The van der Waals surface area contributed by atoms with Gasteiger partial charge in [-0.05, 0) is 38.5 Å². The number of H-pyrrole nitrogens is 1. The van der Waals surface area contributed by atoms with Crippen LogP contribution in [0.1, 0.15) is 28.2 Å². The molecule has 1 amide bonds. The minimum absolute atomic E-state index is 0.145. The summed E-state index contributed by atoms with van der Waals surface area (Å²) in [5, 5.41) is 6.72. The second-order valence-corrected chi connectivity index (χ2v) is 8.76. The first kappa shape index (κ1) is 18.8. The van der Waals surface area contributed by atoms with Crippen LogP contribution < -0.4 is 9.47 Å². The summed E-state index contributed by atoms with van der Waals surface area (Å²) < 4.78 is 38.1. The first-order chi connectivity index (χ1) is 13.4. The number of benzene rings is 1. The van der Waals surface area contributed by atoms with E-state index in [1.807, 2.05) is 0 Å². The minimum Gasteiger partial charge on any atom is -0.454 e. The van der Waals surface area contributed by atoms with Gasteiger partial charge in [-0.1, -0.05) is 0 Å². The number of hydrogen-bond acceptors (Lipinski definition) is 6. The molecule has 0 spiro atoms. The van der Waals surface area contributed by atoms with Gasteiger partial charge in [-0.3, -0.25) is 9.89 Å². The molecule has 150 valence electrons. The molecule has 1 saturated heterocycles. The molecular formula is C18H22N4O5S. The maximum absolute atomic E-state index is 13.0. The fourth-order valence-corrected chi connectivity index (χ4v) is 5.40. The molecule has 0 radical (unpaired) electrons. The smallest absolute Gasteiger partial charge is 0.254 e. The zero-order valence-electron chi connectivity index (χ0n) is 15.8. The van der Waals surface area contributed by atoms with Crippen LogP contribution in [-0.2, 0) is 10.0 Å². The molecule has 3 heterocycles. The Balaban J connectivity index is 1.50. The summed E-state index contributed by atoms with van der Waals surface area (Å²) in [6, 6.07) is 5.09. The van der Waals surface area contributed by atoms with Crippen LogP contribution in [0, 0.1) is 13.8 Å². The van der Waals surface area contributed by atoms with Gasteiger partial charge in [-0.2, -0.15) is 9.40 Å². The second-order valence-electron chi connectivity index (χ2n) is 6.88. The van der Waals surface area contributed by atoms with E-state index < -0.39 is 10.0 Å². The number of carbonyl (C=O) groups excluding carboxylic acids is 1. The maximum atomic E-state index is 13.0. The molecule has 0 saturated carbocycles. The number of rotatable bonds is 3. The molecule has 1 aromatic heterocycles. The lowest BCUT2D eigenvalue weighted by molar-refractivity contribution is 0.0764. The molecule has 4 rings (SSSR count). The maximum Gasteiger partial charge on any atom is 0.254 e. The van der Waals surface area contributed by atoms with Crippen LogP contribution in [0.25, 0.3) is 0 Å². The number of aromatic nitrogens is 2. The molecule has 2 aliphatic rings. The van der Waals surface area contributed by atoms with E-state index in [2.05, 4.69) is 10.2 Å². The molecule has 0 atom stereocenters. The van der Waals surface area contributed by atoms with Gasteiger partial charge < -0.3 is 14.4 Å². The largest absolute Gasteiger partial charge is 0.454 e. The summed E-state index contributed by atoms with van der Waals surface area (Å²) in [7, 11) is -3.66. The van der Waals surface area contributed by atoms with Crippen molar-refractivity contribution in [2.24, 2.45) is 0 Å². The fraction of sp³-hybridized carbons (Fsp3) is 0.444. The van der Waals surface area contributed by atoms with E-state index in [0.717, 1.165) is 0 Å². The molecule has 9 nitrogen and oxygen atoms in total. The molecule has 28 heavy (non-hydrogen) atoms. The Kier molecular flexibility index (Phi) is 4.76. The number of carbonyl (C=O) groups is 1. The van der Waals surface area contributed by atoms with Crippen molar-refractivity contribution in [3.8, 4) is 11.5 Å². The molecule has 10 heteroatoms. The van der Waals surface area contributed by atoms with Crippen LogP contribution in [-0.4, -0.2) is 66.7 Å². The Bertz CT molecular complexity index is 997. The van der Waals surface area contributed by atoms with Crippen molar-refractivity contribution >= 4 is 15.9 Å². The van der Waals surface area contributed by atoms with E-state index in [1.165, 1.54) is 4.31 Å². The highest BCUT2D eigenvalue weighted by molar-refractivity contribution is 7.89. The molecule has 2 aromatic rings. The molecule has 0 unspecified atom stereocenters. The Morgan fingerprint density at radius 1 is 1.11 bits per heavy atom. The van der Waals surface area contributed by atoms with E-state index in [1.54, 1.807) is 36.9 Å². The lowest BCUT2D eigenvalue weighted by atomic mass is 10.1. The van der Waals surface area contributed by atoms with Crippen LogP contribution in [0.4, 0.5) is 0 Å². The zero-order chi connectivity index (χ0) is 19.9. The van der Waals surface area contributed by atoms with Gasteiger partial charge in [0.15, 0.2) is 11.5 Å². The number of aryl methyl sites for hydroxylation is 2. The monoisotopic (exact) mass is 406 g/mol. The van der Waals surface area contributed by atoms with Crippen molar-refractivity contribution in [2.45, 2.75) is 25.2 Å². The zero-order valence-corrected chi connectivity index (χ0v) is 16.6. The van der Waals surface area contributed by atoms with Crippen LogP contribution >= 0.6 is 0 Å². The Hall–Kier alpha value is -2.59. The van der Waals surface area contributed by atoms with Gasteiger partial charge in [0.2, 0.25) is 16.8 Å². The number of nitrogens with zero attached hydrogens (tertiary/aromatic N) is 3. The molecule has 0 aliphatic carbocycles. The first-order valence-corrected chi connectivity index (χ1v) is 10.5. The van der Waals surface area contributed by atoms with Gasteiger partial charge in [0.25, 0.3) is 5.91 Å². The molecule has 1 fully saturated rings. The predicted octanol–water partition coefficient (Wildman–Crippen LogP) is 1.29. The Morgan fingerprint density at radius 3 is 2.64 bits per heavy atom. The lowest BCUT2D eigenvalue weighted by Gasteiger charge is -2.22. The molecule has 1 N–H and O–H groups in total. The van der Waals surface area contributed by atoms with Crippen molar-refractivity contribution in [2.75, 3.05) is 33.0 Å². The number of amides is 1. The highest BCUT2D eigenvalue weighted by Gasteiger charge is 2.32. The van der Waals surface area contributed by atoms with Crippen LogP contribution in [0.15, 0.2) is 23.1 Å². The van der Waals surface area contributed by atoms with Gasteiger partial charge in [0, 0.05) is 31.7 Å². The van der Waals surface area contributed by atoms with Crippen molar-refractivity contribution in [3.05, 3.63) is 35.2 Å². The Labute approximate surface area is 163 Å². The van der Waals surface area contributed by atoms with Crippen molar-refractivity contribution in [1.29, 1.82) is 0 Å². The summed E-state index contributed by atoms with van der Waals surface area (Å²) in [5.41, 5.74) is 1.48. The number of nitrogens with one attached hydrogen (secondary N) is 1. The third-order valence-electron chi connectivity index (χ3n) is 5.02. The highest BCUT2D eigenvalue weighted by atomic mass is 32.2. The molecular weight excluding hydrogens is 384 g/mol. The van der Waals surface area contributed by atoms with E-state index in [0.29, 0.717) is 54.5 Å². The van der Waals surface area contributed by atoms with Gasteiger partial charge in [-0.25, -0.2) is 8.42 Å². The van der Waals surface area contributed by atoms with Crippen molar-refractivity contribution < 1.29 is 22.7 Å². The van der Waals surface area contributed by atoms with Crippen LogP contribution in [0.2, 0.25) is 0 Å². The van der Waals surface area contributed by atoms with E-state index in [-0.39, 0.29) is 24.1 Å². The first-order valence-electron chi connectivity index (χ1n) is 9.08. The normalized spacial score (nSPS) is 17.6. The van der Waals surface area contributed by atoms with Gasteiger partial charge in [0.1, 0.15) is 4.90 Å². The van der Waals surface area contributed by atoms with Gasteiger partial charge in [-0.15, -0.1) is 0 Å². The summed E-state index contributed by atoms with van der Waals surface area (Å²) in [6.45, 7) is 4.92. The lowest BCUT2D eigenvalue weighted by Crippen LogP contribution is -2.37. The summed E-state index contributed by atoms with van der Waals surface area (Å²) in [5.74, 6) is 1.03. The number of fused-ring (bicyclic) bond motifs is 1. The number of ether oxygens (including phenoxy) is 2. The van der Waals surface area contributed by atoms with Crippen molar-refractivity contribution in [1.82, 2.24) is 19.4 Å². The number of aromatic amines is 1. The average Bonchev–Trinajstić information content (AvgIpc) is 3.17. The number of hydrogen-bond donors (Lipinski definition) is 1. The highest BCUT2D eigenvalue weighted by Crippen LogP contribution is 2.33. The van der Waals surface area contributed by atoms with E-state index in [9.17, 15) is 13.2 Å². The topological polar surface area (TPSA) is 105 Å². The van der Waals surface area contributed by atoms with E-state index >= 15 is 0 Å². The molecule has 0 bridgehead atoms. The van der Waals surface area contributed by atoms with E-state index in [4.69, 9.17) is 9.47 Å². The third kappa shape index (κ3) is 3.22. The standard InChI is InChI=1S/C18H22N4O5S/c1-12-17(13(2)20-19-12)28(24,25)22-7-3-6-21(8-9-22)18(23)14-4-5-15-16(10-14)27-11-26-15/h4-5,10H,3,6-9,11H2,1-2H3,(H,19,20). The van der Waals surface area contributed by atoms with Crippen LogP contribution in [0.5, 0.6) is 11.5 Å². The number of sulfonamides is 1. The molecule has 1 aromatic carbocycles. The second kappa shape index (κ2) is 7.10. The van der Waals surface area contributed by atoms with Gasteiger partial charge >= 0.3 is 0 Å². The summed E-state index contributed by atoms with van der Waals surface area (Å²) in [6.07, 6.45) is 0.561. The predicted molar refractivity (Wildman–Crippen MR) is 99.9 cm³/mol. The van der Waals surface area contributed by atoms with Crippen LogP contribution in [0.3, 0.4) is 0 Å². The average molecular weight is 406 g/mol. The summed E-state index contributed by atoms with van der Waals surface area (Å²) >= 11 is 0. The molecule has 2 aliphatic heterocycles. The van der Waals surface area contributed by atoms with Gasteiger partial charge in [0.05, 0.1) is 11.4 Å². The minimum atomic E-state index is -3.66. The third-order valence-corrected chi connectivity index (χ3v) is 7.18. The quantitative estimate of drug-likeness (QED) is 0.824. The fourth-order valence-electron chi connectivity index (χ4n) is 3.60. The van der Waals surface area contributed by atoms with Crippen molar-refractivity contribution in [3.63, 3.8) is 0 Å². The summed E-state index contributed by atoms with van der Waals surface area (Å²) in [4.78, 5) is 14.8. The Morgan fingerprint density at radius 2 is 1.89 bits per heavy atom.